The zero-order valence-corrected chi connectivity index (χ0v) is 40.3. The lowest BCUT2D eigenvalue weighted by molar-refractivity contribution is 0.668. The van der Waals surface area contributed by atoms with Crippen molar-refractivity contribution < 1.29 is 8.83 Å². The van der Waals surface area contributed by atoms with Crippen molar-refractivity contribution in [3.63, 3.8) is 0 Å². The molecule has 0 saturated heterocycles. The highest BCUT2D eigenvalue weighted by Crippen LogP contribution is 2.44. The topological polar surface area (TPSA) is 32.8 Å². The fraction of sp³-hybridized carbons (Fsp3) is 0. The third kappa shape index (κ3) is 7.83. The van der Waals surface area contributed by atoms with Crippen LogP contribution < -0.4 is 9.80 Å². The summed E-state index contributed by atoms with van der Waals surface area (Å²) in [5.74, 6) is 0. The molecule has 348 valence electrons. The summed E-state index contributed by atoms with van der Waals surface area (Å²) in [6.07, 6.45) is 0. The molecule has 0 unspecified atom stereocenters. The predicted octanol–water partition coefficient (Wildman–Crippen LogP) is 20.2. The smallest absolute Gasteiger partial charge is 0.136 e. The van der Waals surface area contributed by atoms with Crippen molar-refractivity contribution in [2.45, 2.75) is 0 Å². The molecule has 0 aliphatic rings. The molecule has 4 heteroatoms. The van der Waals surface area contributed by atoms with Crippen molar-refractivity contribution in [3.05, 3.63) is 279 Å². The Morgan fingerprint density at radius 2 is 0.432 bits per heavy atom. The molecule has 0 atom stereocenters. The van der Waals surface area contributed by atoms with Crippen molar-refractivity contribution in [1.82, 2.24) is 0 Å². The average Bonchev–Trinajstić information content (AvgIpc) is 4.02. The average molecular weight is 947 g/mol. The van der Waals surface area contributed by atoms with Gasteiger partial charge in [0, 0.05) is 55.7 Å². The minimum absolute atomic E-state index is 0.834. The highest BCUT2D eigenvalue weighted by atomic mass is 16.3. The minimum Gasteiger partial charge on any atom is -0.456 e. The summed E-state index contributed by atoms with van der Waals surface area (Å²) >= 11 is 0. The fourth-order valence-electron chi connectivity index (χ4n) is 10.7. The summed E-state index contributed by atoms with van der Waals surface area (Å²) in [5, 5.41) is 6.40. The third-order valence-electron chi connectivity index (χ3n) is 14.4. The summed E-state index contributed by atoms with van der Waals surface area (Å²) in [6.45, 7) is 0. The van der Waals surface area contributed by atoms with E-state index in [0.717, 1.165) is 88.8 Å². The highest BCUT2D eigenvalue weighted by Gasteiger charge is 2.20. The van der Waals surface area contributed by atoms with Gasteiger partial charge >= 0.3 is 0 Å². The molecule has 0 spiro atoms. The lowest BCUT2D eigenvalue weighted by Gasteiger charge is -2.26. The van der Waals surface area contributed by atoms with Gasteiger partial charge in [0.25, 0.3) is 0 Å². The molecule has 14 rings (SSSR count). The first kappa shape index (κ1) is 42.9. The molecule has 0 bridgehead atoms. The number of benzene rings is 12. The van der Waals surface area contributed by atoms with Crippen LogP contribution in [0, 0.1) is 0 Å². The Balaban J connectivity index is 0.867. The largest absolute Gasteiger partial charge is 0.456 e. The van der Waals surface area contributed by atoms with E-state index in [0.29, 0.717) is 0 Å². The van der Waals surface area contributed by atoms with Gasteiger partial charge < -0.3 is 18.6 Å². The van der Waals surface area contributed by atoms with Crippen LogP contribution >= 0.6 is 0 Å². The summed E-state index contributed by atoms with van der Waals surface area (Å²) in [7, 11) is 0. The summed E-state index contributed by atoms with van der Waals surface area (Å²) < 4.78 is 13.3. The summed E-state index contributed by atoms with van der Waals surface area (Å²) in [6, 6.07) is 99.5. The number of hydrogen-bond acceptors (Lipinski definition) is 4. The van der Waals surface area contributed by atoms with Crippen molar-refractivity contribution in [2.75, 3.05) is 9.80 Å². The minimum atomic E-state index is 0.834. The van der Waals surface area contributed by atoms with E-state index in [4.69, 9.17) is 8.83 Å². The molecule has 4 nitrogen and oxygen atoms in total. The summed E-state index contributed by atoms with van der Waals surface area (Å²) in [5.41, 5.74) is 19.1. The van der Waals surface area contributed by atoms with E-state index in [2.05, 4.69) is 289 Å². The molecule has 2 aromatic heterocycles. The maximum absolute atomic E-state index is 6.64. The van der Waals surface area contributed by atoms with Gasteiger partial charge in [-0.2, -0.15) is 0 Å². The predicted molar refractivity (Wildman–Crippen MR) is 310 cm³/mol. The lowest BCUT2D eigenvalue weighted by atomic mass is 10.0. The van der Waals surface area contributed by atoms with Crippen LogP contribution in [0.5, 0.6) is 0 Å². The van der Waals surface area contributed by atoms with Crippen LogP contribution in [0.3, 0.4) is 0 Å². The second kappa shape index (κ2) is 18.1. The van der Waals surface area contributed by atoms with E-state index in [-0.39, 0.29) is 0 Å². The van der Waals surface area contributed by atoms with Crippen LogP contribution in [0.25, 0.3) is 99.2 Å². The molecule has 14 aromatic rings. The maximum atomic E-state index is 6.64. The molecule has 0 saturated carbocycles. The van der Waals surface area contributed by atoms with Gasteiger partial charge in [-0.3, -0.25) is 0 Å². The first-order valence-corrected chi connectivity index (χ1v) is 25.1. The Kier molecular flexibility index (Phi) is 10.5. The van der Waals surface area contributed by atoms with Crippen molar-refractivity contribution in [1.29, 1.82) is 0 Å². The zero-order chi connectivity index (χ0) is 49.0. The van der Waals surface area contributed by atoms with Gasteiger partial charge in [0.1, 0.15) is 22.3 Å². The van der Waals surface area contributed by atoms with Crippen LogP contribution in [0.1, 0.15) is 0 Å². The van der Waals surface area contributed by atoms with Crippen molar-refractivity contribution in [3.8, 4) is 44.5 Å². The van der Waals surface area contributed by atoms with E-state index < -0.39 is 0 Å². The third-order valence-corrected chi connectivity index (χ3v) is 14.4. The van der Waals surface area contributed by atoms with Crippen LogP contribution in [0.2, 0.25) is 0 Å². The van der Waals surface area contributed by atoms with Gasteiger partial charge in [0.2, 0.25) is 0 Å². The Morgan fingerprint density at radius 3 is 0.730 bits per heavy atom. The standard InChI is InChI=1S/C70H46N2O2/c1-5-13-47(14-6-1)51-21-29-57(30-22-51)71(58-31-23-52(24-32-58)48-15-7-2-8-16-48)61-37-39-67-65(45-61)63-41-55-42-64-66-46-62(38-40-68(66)74-70(64)44-56(55)43-69(63)73-67)72(59-33-25-53(26-34-59)49-17-9-3-10-18-49)60-35-27-54(28-36-60)50-19-11-4-12-20-50/h1-46H. The molecule has 2 heterocycles. The molecule has 0 radical (unpaired) electrons. The number of anilines is 6. The quantitative estimate of drug-likeness (QED) is 0.137. The fourth-order valence-corrected chi connectivity index (χ4v) is 10.7. The van der Waals surface area contributed by atoms with E-state index in [1.54, 1.807) is 0 Å². The highest BCUT2D eigenvalue weighted by molar-refractivity contribution is 6.16. The van der Waals surface area contributed by atoms with Crippen molar-refractivity contribution >= 4 is 88.8 Å². The van der Waals surface area contributed by atoms with Gasteiger partial charge in [0.15, 0.2) is 0 Å². The van der Waals surface area contributed by atoms with E-state index in [9.17, 15) is 0 Å². The molecule has 0 aliphatic heterocycles. The molecule has 0 amide bonds. The van der Waals surface area contributed by atoms with Gasteiger partial charge in [-0.1, -0.05) is 170 Å². The molecule has 0 aliphatic carbocycles. The Labute approximate surface area is 428 Å². The second-order valence-electron chi connectivity index (χ2n) is 18.9. The maximum Gasteiger partial charge on any atom is 0.136 e. The molecule has 74 heavy (non-hydrogen) atoms. The van der Waals surface area contributed by atoms with E-state index in [1.807, 2.05) is 0 Å². The Hall–Kier alpha value is -9.90. The lowest BCUT2D eigenvalue weighted by Crippen LogP contribution is -2.09. The number of hydrogen-bond donors (Lipinski definition) is 0. The monoisotopic (exact) mass is 946 g/mol. The molecular weight excluding hydrogens is 901 g/mol. The van der Waals surface area contributed by atoms with Gasteiger partial charge in [-0.15, -0.1) is 0 Å². The SMILES string of the molecule is c1ccc(-c2ccc(N(c3ccc(-c4ccccc4)cc3)c3ccc4oc5cc6cc7oc8ccc(N(c9ccc(-c%10ccccc%10)cc9)c9ccc(-c%10ccccc%10)cc9)cc8c7cc6cc5c4c3)cc2)cc1. The number of fused-ring (bicyclic) bond motifs is 7. The first-order valence-electron chi connectivity index (χ1n) is 25.1. The Bertz CT molecular complexity index is 3860. The second-order valence-corrected chi connectivity index (χ2v) is 18.9. The normalized spacial score (nSPS) is 11.5. The van der Waals surface area contributed by atoms with Crippen LogP contribution in [-0.2, 0) is 0 Å². The van der Waals surface area contributed by atoms with Gasteiger partial charge in [0.05, 0.1) is 0 Å². The van der Waals surface area contributed by atoms with Crippen LogP contribution in [-0.4, -0.2) is 0 Å². The number of furan rings is 2. The van der Waals surface area contributed by atoms with Crippen LogP contribution in [0.15, 0.2) is 288 Å². The Morgan fingerprint density at radius 1 is 0.189 bits per heavy atom. The number of rotatable bonds is 10. The van der Waals surface area contributed by atoms with Crippen LogP contribution in [0.4, 0.5) is 34.1 Å². The molecular formula is C70H46N2O2. The molecule has 12 aromatic carbocycles. The zero-order valence-electron chi connectivity index (χ0n) is 40.3. The number of nitrogens with zero attached hydrogens (tertiary/aromatic N) is 2. The van der Waals surface area contributed by atoms with Gasteiger partial charge in [-0.05, 0) is 164 Å². The first-order chi connectivity index (χ1) is 36.6. The van der Waals surface area contributed by atoms with E-state index >= 15 is 0 Å². The molecule has 0 fully saturated rings. The van der Waals surface area contributed by atoms with Gasteiger partial charge in [-0.25, -0.2) is 0 Å². The summed E-state index contributed by atoms with van der Waals surface area (Å²) in [4.78, 5) is 4.67. The molecule has 0 N–H and O–H groups in total. The van der Waals surface area contributed by atoms with Crippen molar-refractivity contribution in [2.24, 2.45) is 0 Å². The van der Waals surface area contributed by atoms with E-state index in [1.165, 1.54) is 44.5 Å².